The van der Waals surface area contributed by atoms with Crippen LogP contribution in [0.5, 0.6) is 17.2 Å². The maximum atomic E-state index is 12.6. The van der Waals surface area contributed by atoms with E-state index >= 15 is 0 Å². The lowest BCUT2D eigenvalue weighted by Crippen LogP contribution is -2.42. The molecule has 4 N–H and O–H groups in total. The monoisotopic (exact) mass is 453 g/mol. The predicted octanol–water partition coefficient (Wildman–Crippen LogP) is 2.10. The van der Waals surface area contributed by atoms with Crippen LogP contribution in [0.1, 0.15) is 34.2 Å². The molecular weight excluding hydrogens is 426 g/mol. The number of ether oxygens (including phenoxy) is 3. The number of hydrogen-bond acceptors (Lipinski definition) is 7. The van der Waals surface area contributed by atoms with Crippen molar-refractivity contribution in [2.45, 2.75) is 19.4 Å². The Kier molecular flexibility index (Phi) is 7.98. The van der Waals surface area contributed by atoms with Crippen molar-refractivity contribution in [3.05, 3.63) is 60.1 Å². The first kappa shape index (κ1) is 23.7. The third-order valence-electron chi connectivity index (χ3n) is 4.70. The molecule has 1 atom stereocenters. The van der Waals surface area contributed by atoms with E-state index in [2.05, 4.69) is 9.98 Å². The van der Waals surface area contributed by atoms with Crippen molar-refractivity contribution in [3.63, 3.8) is 0 Å². The van der Waals surface area contributed by atoms with Gasteiger partial charge in [0.1, 0.15) is 34.9 Å². The fourth-order valence-corrected chi connectivity index (χ4v) is 3.03. The molecule has 0 saturated carbocycles. The molecule has 0 unspecified atom stereocenters. The van der Waals surface area contributed by atoms with Crippen LogP contribution in [0.4, 0.5) is 0 Å². The number of aromatic nitrogens is 1. The van der Waals surface area contributed by atoms with E-state index in [4.69, 9.17) is 25.7 Å². The summed E-state index contributed by atoms with van der Waals surface area (Å²) in [5.74, 6) is 0.382. The van der Waals surface area contributed by atoms with Crippen molar-refractivity contribution >= 4 is 17.6 Å². The summed E-state index contributed by atoms with van der Waals surface area (Å²) in [7, 11) is 1.57. The number of nitrogens with two attached hydrogens (primary N) is 2. The molecule has 0 bridgehead atoms. The zero-order valence-corrected chi connectivity index (χ0v) is 18.6. The molecule has 2 amide bonds. The summed E-state index contributed by atoms with van der Waals surface area (Å²) in [4.78, 5) is 34.6. The molecule has 10 nitrogen and oxygen atoms in total. The highest BCUT2D eigenvalue weighted by Crippen LogP contribution is 2.28. The molecule has 10 heteroatoms. The van der Waals surface area contributed by atoms with Gasteiger partial charge in [-0.25, -0.2) is 4.98 Å². The van der Waals surface area contributed by atoms with Crippen LogP contribution in [-0.2, 0) is 4.74 Å². The van der Waals surface area contributed by atoms with Crippen LogP contribution in [0.15, 0.2) is 53.8 Å². The van der Waals surface area contributed by atoms with Gasteiger partial charge in [-0.05, 0) is 49.9 Å². The minimum atomic E-state index is -0.589. The quantitative estimate of drug-likeness (QED) is 0.434. The molecule has 33 heavy (non-hydrogen) atoms. The summed E-state index contributed by atoms with van der Waals surface area (Å²) >= 11 is 0. The second kappa shape index (κ2) is 11.1. The Morgan fingerprint density at radius 1 is 1.21 bits per heavy atom. The lowest BCUT2D eigenvalue weighted by Gasteiger charge is -2.30. The Balaban J connectivity index is 1.83. The van der Waals surface area contributed by atoms with E-state index in [1.165, 1.54) is 30.6 Å². The van der Waals surface area contributed by atoms with Crippen molar-refractivity contribution in [1.29, 1.82) is 0 Å². The topological polar surface area (TPSA) is 142 Å². The third-order valence-corrected chi connectivity index (χ3v) is 4.70. The second-order valence-corrected chi connectivity index (χ2v) is 7.40. The van der Waals surface area contributed by atoms with E-state index in [9.17, 15) is 9.59 Å². The van der Waals surface area contributed by atoms with E-state index in [1.807, 2.05) is 6.92 Å². The Bertz CT molecular complexity index is 1050. The number of carbonyl (C=O) groups excluding carboxylic acids is 2. The van der Waals surface area contributed by atoms with Gasteiger partial charge in [-0.15, -0.1) is 0 Å². The predicted molar refractivity (Wildman–Crippen MR) is 123 cm³/mol. The summed E-state index contributed by atoms with van der Waals surface area (Å²) in [6.07, 6.45) is 4.70. The Morgan fingerprint density at radius 3 is 2.58 bits per heavy atom. The highest BCUT2D eigenvalue weighted by Gasteiger charge is 2.22. The number of rotatable bonds is 9. The van der Waals surface area contributed by atoms with Gasteiger partial charge in [-0.1, -0.05) is 0 Å². The molecule has 0 aliphatic carbocycles. The molecule has 1 saturated heterocycles. The highest BCUT2D eigenvalue weighted by atomic mass is 16.5. The molecule has 3 rings (SSSR count). The Morgan fingerprint density at radius 2 is 1.97 bits per heavy atom. The van der Waals surface area contributed by atoms with Crippen LogP contribution in [0.25, 0.3) is 0 Å². The van der Waals surface area contributed by atoms with Crippen LogP contribution in [0.3, 0.4) is 0 Å². The maximum absolute atomic E-state index is 12.6. The summed E-state index contributed by atoms with van der Waals surface area (Å²) in [6, 6.07) is 7.93. The summed E-state index contributed by atoms with van der Waals surface area (Å²) < 4.78 is 16.8. The number of amides is 2. The van der Waals surface area contributed by atoms with Crippen molar-refractivity contribution < 1.29 is 23.8 Å². The molecule has 0 spiro atoms. The zero-order chi connectivity index (χ0) is 23.8. The van der Waals surface area contributed by atoms with Crippen molar-refractivity contribution in [2.24, 2.45) is 16.5 Å². The molecule has 174 valence electrons. The van der Waals surface area contributed by atoms with Crippen LogP contribution >= 0.6 is 0 Å². The first-order valence-electron chi connectivity index (χ1n) is 10.4. The van der Waals surface area contributed by atoms with Crippen molar-refractivity contribution in [1.82, 2.24) is 9.88 Å². The number of likely N-dealkylation sites (tertiary alicyclic amines) is 1. The Hall–Kier alpha value is -3.92. The third kappa shape index (κ3) is 6.53. The van der Waals surface area contributed by atoms with E-state index in [0.29, 0.717) is 29.5 Å². The molecule has 2 aromatic rings. The van der Waals surface area contributed by atoms with Gasteiger partial charge < -0.3 is 30.6 Å². The van der Waals surface area contributed by atoms with Gasteiger partial charge in [0.15, 0.2) is 0 Å². The molecule has 2 heterocycles. The number of amidine groups is 1. The first-order chi connectivity index (χ1) is 15.9. The minimum absolute atomic E-state index is 0.0318. The Labute approximate surface area is 191 Å². The molecule has 1 aromatic heterocycles. The molecule has 0 radical (unpaired) electrons. The van der Waals surface area contributed by atoms with Gasteiger partial charge in [-0.3, -0.25) is 9.59 Å². The average molecular weight is 453 g/mol. The van der Waals surface area contributed by atoms with Crippen LogP contribution in [0, 0.1) is 0 Å². The summed E-state index contributed by atoms with van der Waals surface area (Å²) in [6.45, 7) is 3.69. The lowest BCUT2D eigenvalue weighted by molar-refractivity contribution is 0.0645. The van der Waals surface area contributed by atoms with Gasteiger partial charge in [0.05, 0.1) is 12.8 Å². The van der Waals surface area contributed by atoms with Gasteiger partial charge in [0, 0.05) is 31.8 Å². The maximum Gasteiger partial charge on any atom is 0.279 e. The second-order valence-electron chi connectivity index (χ2n) is 7.40. The van der Waals surface area contributed by atoms with Gasteiger partial charge in [0.2, 0.25) is 0 Å². The average Bonchev–Trinajstić information content (AvgIpc) is 2.73. The molecular formula is C23H27N5O5. The number of hydrogen-bond donors (Lipinski definition) is 2. The summed E-state index contributed by atoms with van der Waals surface area (Å²) in [5, 5.41) is 0. The van der Waals surface area contributed by atoms with Crippen molar-refractivity contribution in [3.8, 4) is 17.2 Å². The van der Waals surface area contributed by atoms with E-state index in [-0.39, 0.29) is 23.4 Å². The largest absolute Gasteiger partial charge is 0.488 e. The normalized spacial score (nSPS) is 14.6. The number of nitrogens with zero attached hydrogens (tertiary/aromatic N) is 3. The molecule has 1 fully saturated rings. The molecule has 1 aromatic carbocycles. The fourth-order valence-electron chi connectivity index (χ4n) is 3.03. The number of benzene rings is 1. The van der Waals surface area contributed by atoms with E-state index < -0.39 is 5.91 Å². The molecule has 1 aliphatic rings. The number of methoxy groups -OCH3 is 1. The smallest absolute Gasteiger partial charge is 0.279 e. The van der Waals surface area contributed by atoms with Gasteiger partial charge >= 0.3 is 0 Å². The highest BCUT2D eigenvalue weighted by molar-refractivity contribution is 6.06. The van der Waals surface area contributed by atoms with Crippen molar-refractivity contribution in [2.75, 3.05) is 26.8 Å². The number of pyridine rings is 1. The van der Waals surface area contributed by atoms with E-state index in [0.717, 1.165) is 19.5 Å². The fraction of sp³-hybridized carbons (Fsp3) is 0.304. The van der Waals surface area contributed by atoms with E-state index in [1.54, 1.807) is 30.2 Å². The standard InChI is InChI=1S/C23H27N5O5/c1-15(14-31-2)32-18-10-16(22(29)27-21(25)6-7-24)11-19(12-18)33-17-4-5-20(26-13-17)23(30)28-8-3-9-28/h4-7,10-13,15H,3,8-9,14,24H2,1-2H3,(H2,25,27,29)/b7-6-/t15-/m0/s1. The van der Waals surface area contributed by atoms with Gasteiger partial charge in [-0.2, -0.15) is 4.99 Å². The SMILES string of the molecule is COC[C@H](C)Oc1cc(Oc2ccc(C(=O)N3CCC3)nc2)cc(C(=O)N=C(N)/C=C\N)c1. The number of carbonyl (C=O) groups is 2. The van der Waals surface area contributed by atoms with Crippen LogP contribution in [0.2, 0.25) is 0 Å². The first-order valence-corrected chi connectivity index (χ1v) is 10.4. The zero-order valence-electron chi connectivity index (χ0n) is 18.6. The van der Waals surface area contributed by atoms with Crippen LogP contribution < -0.4 is 20.9 Å². The minimum Gasteiger partial charge on any atom is -0.488 e. The lowest BCUT2D eigenvalue weighted by atomic mass is 10.2. The van der Waals surface area contributed by atoms with Gasteiger partial charge in [0.25, 0.3) is 11.8 Å². The van der Waals surface area contributed by atoms with Crippen LogP contribution in [-0.4, -0.2) is 60.4 Å². The summed E-state index contributed by atoms with van der Waals surface area (Å²) in [5.41, 5.74) is 11.5. The molecule has 1 aliphatic heterocycles. The number of aliphatic imine (C=N–C) groups is 1.